The van der Waals surface area contributed by atoms with Crippen molar-refractivity contribution in [3.8, 4) is 0 Å². The monoisotopic (exact) mass is 405 g/mol. The van der Waals surface area contributed by atoms with Crippen molar-refractivity contribution in [2.24, 2.45) is 0 Å². The lowest BCUT2D eigenvalue weighted by molar-refractivity contribution is 0.401. The van der Waals surface area contributed by atoms with Crippen molar-refractivity contribution >= 4 is 40.4 Å². The highest BCUT2D eigenvalue weighted by atomic mass is 35.5. The zero-order chi connectivity index (χ0) is 18.2. The van der Waals surface area contributed by atoms with Crippen LogP contribution in [0, 0.1) is 11.6 Å². The van der Waals surface area contributed by atoms with Gasteiger partial charge in [-0.3, -0.25) is 13.4 Å². The number of hydrogen-bond acceptors (Lipinski definition) is 5. The highest BCUT2D eigenvalue weighted by Gasteiger charge is 2.42. The van der Waals surface area contributed by atoms with Crippen LogP contribution in [0.1, 0.15) is 6.42 Å². The van der Waals surface area contributed by atoms with E-state index in [1.807, 2.05) is 19.0 Å². The largest absolute Gasteiger partial charge is 0.309 e. The van der Waals surface area contributed by atoms with E-state index in [-0.39, 0.29) is 18.1 Å². The standard InChI is InChI=1S/C17H21F2N3O2S.ClH/c1-20(2)10-5-11-21-16-6-3-4-7-17(16)22(25(21,23)24)15-9-8-13(18)12-14(15)19;/h3-4,6-9,12,23-24H,5,10-11H2,1-2H3;1H. The number of halogens is 3. The van der Waals surface area contributed by atoms with Gasteiger partial charge >= 0.3 is 0 Å². The van der Waals surface area contributed by atoms with Crippen molar-refractivity contribution in [2.75, 3.05) is 35.8 Å². The zero-order valence-corrected chi connectivity index (χ0v) is 16.1. The first-order valence-corrected chi connectivity index (χ1v) is 9.33. The maximum Gasteiger partial charge on any atom is 0.151 e. The predicted octanol–water partition coefficient (Wildman–Crippen LogP) is 4.88. The van der Waals surface area contributed by atoms with Gasteiger partial charge in [-0.1, -0.05) is 12.1 Å². The second-order valence-electron chi connectivity index (χ2n) is 6.13. The van der Waals surface area contributed by atoms with Gasteiger partial charge in [-0.25, -0.2) is 13.1 Å². The minimum absolute atomic E-state index is 0. The Morgan fingerprint density at radius 1 is 1.00 bits per heavy atom. The summed E-state index contributed by atoms with van der Waals surface area (Å²) in [5, 5.41) is 0. The van der Waals surface area contributed by atoms with Crippen molar-refractivity contribution in [1.29, 1.82) is 0 Å². The van der Waals surface area contributed by atoms with E-state index in [4.69, 9.17) is 0 Å². The molecule has 5 nitrogen and oxygen atoms in total. The highest BCUT2D eigenvalue weighted by molar-refractivity contribution is 8.27. The number of anilines is 3. The first kappa shape index (κ1) is 20.7. The van der Waals surface area contributed by atoms with Crippen LogP contribution in [0.15, 0.2) is 42.5 Å². The molecule has 0 aromatic heterocycles. The minimum Gasteiger partial charge on any atom is -0.309 e. The average Bonchev–Trinajstić information content (AvgIpc) is 2.75. The van der Waals surface area contributed by atoms with Crippen molar-refractivity contribution in [3.05, 3.63) is 54.1 Å². The molecule has 0 atom stereocenters. The molecule has 0 aliphatic carbocycles. The fourth-order valence-electron chi connectivity index (χ4n) is 2.89. The molecule has 0 unspecified atom stereocenters. The summed E-state index contributed by atoms with van der Waals surface area (Å²) in [6.45, 7) is 1.18. The molecule has 2 aromatic carbocycles. The number of benzene rings is 2. The second-order valence-corrected chi connectivity index (χ2v) is 7.91. The van der Waals surface area contributed by atoms with E-state index in [9.17, 15) is 17.9 Å². The Kier molecular flexibility index (Phi) is 6.36. The van der Waals surface area contributed by atoms with Crippen LogP contribution in [0.5, 0.6) is 0 Å². The van der Waals surface area contributed by atoms with E-state index < -0.39 is 22.6 Å². The Labute approximate surface area is 159 Å². The molecule has 3 rings (SSSR count). The first-order valence-electron chi connectivity index (χ1n) is 7.87. The van der Waals surface area contributed by atoms with Crippen molar-refractivity contribution in [3.63, 3.8) is 0 Å². The first-order chi connectivity index (χ1) is 11.8. The van der Waals surface area contributed by atoms with Crippen LogP contribution in [0.25, 0.3) is 0 Å². The lowest BCUT2D eigenvalue weighted by Crippen LogP contribution is -2.33. The topological polar surface area (TPSA) is 50.2 Å². The molecule has 0 amide bonds. The number of rotatable bonds is 5. The van der Waals surface area contributed by atoms with Gasteiger partial charge in [0.2, 0.25) is 0 Å². The van der Waals surface area contributed by atoms with Crippen LogP contribution in [0.2, 0.25) is 0 Å². The molecule has 0 radical (unpaired) electrons. The maximum absolute atomic E-state index is 14.3. The molecule has 0 bridgehead atoms. The van der Waals surface area contributed by atoms with Gasteiger partial charge in [-0.15, -0.1) is 12.4 Å². The predicted molar refractivity (Wildman–Crippen MR) is 106 cm³/mol. The Balaban J connectivity index is 0.00000243. The molecule has 9 heteroatoms. The molecule has 1 aliphatic heterocycles. The fourth-order valence-corrected chi connectivity index (χ4v) is 4.71. The van der Waals surface area contributed by atoms with E-state index in [0.717, 1.165) is 23.0 Å². The maximum atomic E-state index is 14.3. The van der Waals surface area contributed by atoms with Crippen LogP contribution in [0.3, 0.4) is 0 Å². The third-order valence-electron chi connectivity index (χ3n) is 4.00. The SMILES string of the molecule is CN(C)CCCN1c2ccccc2N(c2ccc(F)cc2F)S1(O)O.Cl. The number of fused-ring (bicyclic) bond motifs is 1. The summed E-state index contributed by atoms with van der Waals surface area (Å²) in [6.07, 6.45) is 0.705. The molecule has 0 saturated heterocycles. The van der Waals surface area contributed by atoms with E-state index in [0.29, 0.717) is 24.3 Å². The molecule has 144 valence electrons. The fraction of sp³-hybridized carbons (Fsp3) is 0.294. The Hall–Kier alpha value is -1.58. The molecule has 0 spiro atoms. The zero-order valence-electron chi connectivity index (χ0n) is 14.5. The van der Waals surface area contributed by atoms with Crippen LogP contribution in [-0.4, -0.2) is 41.2 Å². The smallest absolute Gasteiger partial charge is 0.151 e. The Morgan fingerprint density at radius 3 is 2.27 bits per heavy atom. The third-order valence-corrected chi connectivity index (χ3v) is 5.86. The number of para-hydroxylation sites is 2. The quantitative estimate of drug-likeness (QED) is 0.742. The Bertz CT molecular complexity index is 779. The molecule has 2 aromatic rings. The van der Waals surface area contributed by atoms with Gasteiger partial charge < -0.3 is 4.90 Å². The van der Waals surface area contributed by atoms with Gasteiger partial charge in [0.05, 0.1) is 11.4 Å². The molecule has 1 aliphatic rings. The van der Waals surface area contributed by atoms with Crippen LogP contribution in [-0.2, 0) is 0 Å². The van der Waals surface area contributed by atoms with Crippen LogP contribution in [0.4, 0.5) is 25.8 Å². The summed E-state index contributed by atoms with van der Waals surface area (Å²) in [5.74, 6) is -1.56. The van der Waals surface area contributed by atoms with Crippen molar-refractivity contribution in [2.45, 2.75) is 6.42 Å². The number of hydrogen-bond donors (Lipinski definition) is 2. The van der Waals surface area contributed by atoms with Crippen LogP contribution < -0.4 is 8.61 Å². The lowest BCUT2D eigenvalue weighted by atomic mass is 10.2. The van der Waals surface area contributed by atoms with Crippen molar-refractivity contribution in [1.82, 2.24) is 4.90 Å². The molecular weight excluding hydrogens is 384 g/mol. The van der Waals surface area contributed by atoms with Gasteiger partial charge in [-0.2, -0.15) is 0 Å². The van der Waals surface area contributed by atoms with Gasteiger partial charge in [0.1, 0.15) is 11.5 Å². The summed E-state index contributed by atoms with van der Waals surface area (Å²) in [7, 11) is 0.394. The summed E-state index contributed by atoms with van der Waals surface area (Å²) < 4.78 is 51.9. The molecule has 0 saturated carbocycles. The highest BCUT2D eigenvalue weighted by Crippen LogP contribution is 2.64. The molecule has 0 fully saturated rings. The molecular formula is C17H22ClF2N3O2S. The van der Waals surface area contributed by atoms with E-state index in [1.165, 1.54) is 10.4 Å². The number of nitrogens with zero attached hydrogens (tertiary/aromatic N) is 3. The summed E-state index contributed by atoms with van der Waals surface area (Å²) in [6, 6.07) is 10.1. The lowest BCUT2D eigenvalue weighted by Gasteiger charge is -2.44. The molecule has 2 N–H and O–H groups in total. The minimum atomic E-state index is -3.49. The third kappa shape index (κ3) is 3.74. The van der Waals surface area contributed by atoms with Crippen LogP contribution >= 0.6 is 23.4 Å². The van der Waals surface area contributed by atoms with Gasteiger partial charge in [0.15, 0.2) is 5.82 Å². The van der Waals surface area contributed by atoms with Crippen molar-refractivity contribution < 1.29 is 17.9 Å². The molecule has 26 heavy (non-hydrogen) atoms. The average molecular weight is 406 g/mol. The molecule has 1 heterocycles. The van der Waals surface area contributed by atoms with Gasteiger partial charge in [0, 0.05) is 12.6 Å². The van der Waals surface area contributed by atoms with Gasteiger partial charge in [-0.05, 0) is 62.3 Å². The van der Waals surface area contributed by atoms with Gasteiger partial charge in [0.25, 0.3) is 0 Å². The second kappa shape index (κ2) is 7.98. The summed E-state index contributed by atoms with van der Waals surface area (Å²) in [4.78, 5) is 2.01. The summed E-state index contributed by atoms with van der Waals surface area (Å²) >= 11 is 0. The normalized spacial score (nSPS) is 16.4. The summed E-state index contributed by atoms with van der Waals surface area (Å²) in [5.41, 5.74) is 1.03. The Morgan fingerprint density at radius 2 is 1.65 bits per heavy atom. The van der Waals surface area contributed by atoms with E-state index in [2.05, 4.69) is 0 Å². The van der Waals surface area contributed by atoms with E-state index >= 15 is 0 Å². The van der Waals surface area contributed by atoms with E-state index in [1.54, 1.807) is 24.3 Å².